The summed E-state index contributed by atoms with van der Waals surface area (Å²) in [6.07, 6.45) is 0. The molecule has 10 rings (SSSR count). The molecule has 1 aromatic heterocycles. The summed E-state index contributed by atoms with van der Waals surface area (Å²) in [7, 11) is 0. The second-order valence-corrected chi connectivity index (χ2v) is 11.8. The third-order valence-electron chi connectivity index (χ3n) is 9.05. The zero-order valence-corrected chi connectivity index (χ0v) is 23.3. The highest BCUT2D eigenvalue weighted by Crippen LogP contribution is 2.59. The van der Waals surface area contributed by atoms with E-state index in [9.17, 15) is 0 Å². The van der Waals surface area contributed by atoms with Crippen LogP contribution in [0.4, 0.5) is 0 Å². The van der Waals surface area contributed by atoms with Crippen molar-refractivity contribution in [2.24, 2.45) is 0 Å². The van der Waals surface area contributed by atoms with Crippen LogP contribution in [0.5, 0.6) is 0 Å². The summed E-state index contributed by atoms with van der Waals surface area (Å²) < 4.78 is 3.61. The van der Waals surface area contributed by atoms with Gasteiger partial charge in [-0.2, -0.15) is 0 Å². The Labute approximate surface area is 241 Å². The molecule has 7 aromatic rings. The topological polar surface area (TPSA) is 4.93 Å². The van der Waals surface area contributed by atoms with Crippen molar-refractivity contribution >= 4 is 37.7 Å². The standard InChI is InChI=1S/C38H24BrN/c39-31-22-21-29(37-35-25-13-4-6-15-27(25)36(38(31)37)28-16-7-5-14-26(28)35)24-18-10-20-33-34(24)30-17-8-9-19-32(30)40(33)23-11-2-1-3-12-23/h1-22,35-36H. The summed E-state index contributed by atoms with van der Waals surface area (Å²) in [5.74, 6) is 0.434. The lowest BCUT2D eigenvalue weighted by atomic mass is 9.60. The largest absolute Gasteiger partial charge is 0.309 e. The molecule has 0 unspecified atom stereocenters. The molecule has 40 heavy (non-hydrogen) atoms. The van der Waals surface area contributed by atoms with Crippen LogP contribution in [0.3, 0.4) is 0 Å². The molecule has 0 fully saturated rings. The maximum absolute atomic E-state index is 4.01. The molecular weight excluding hydrogens is 550 g/mol. The highest BCUT2D eigenvalue weighted by Gasteiger charge is 2.43. The van der Waals surface area contributed by atoms with E-state index in [2.05, 4.69) is 154 Å². The van der Waals surface area contributed by atoms with Gasteiger partial charge in [-0.05, 0) is 74.8 Å². The molecule has 1 nitrogen and oxygen atoms in total. The summed E-state index contributed by atoms with van der Waals surface area (Å²) in [5.41, 5.74) is 14.9. The van der Waals surface area contributed by atoms with Crippen LogP contribution in [0, 0.1) is 0 Å². The number of halogens is 1. The minimum atomic E-state index is 0.206. The van der Waals surface area contributed by atoms with Crippen LogP contribution in [-0.2, 0) is 0 Å². The van der Waals surface area contributed by atoms with E-state index in [0.717, 1.165) is 0 Å². The number of hydrogen-bond acceptors (Lipinski definition) is 0. The van der Waals surface area contributed by atoms with Crippen molar-refractivity contribution in [1.82, 2.24) is 4.57 Å². The van der Waals surface area contributed by atoms with Crippen LogP contribution in [-0.4, -0.2) is 4.57 Å². The maximum atomic E-state index is 4.01. The Morgan fingerprint density at radius 2 is 1.02 bits per heavy atom. The Kier molecular flexibility index (Phi) is 4.65. The first-order valence-corrected chi connectivity index (χ1v) is 14.7. The Balaban J connectivity index is 1.40. The number of nitrogens with zero attached hydrogens (tertiary/aromatic N) is 1. The zero-order valence-electron chi connectivity index (χ0n) is 21.7. The van der Waals surface area contributed by atoms with Gasteiger partial charge in [0.15, 0.2) is 0 Å². The Bertz CT molecular complexity index is 2090. The molecule has 1 heterocycles. The van der Waals surface area contributed by atoms with Crippen LogP contribution in [0.25, 0.3) is 38.6 Å². The fourth-order valence-electron chi connectivity index (χ4n) is 7.58. The van der Waals surface area contributed by atoms with Crippen molar-refractivity contribution in [3.05, 3.63) is 171 Å². The van der Waals surface area contributed by atoms with Gasteiger partial charge in [-0.25, -0.2) is 0 Å². The van der Waals surface area contributed by atoms with Gasteiger partial charge in [0.1, 0.15) is 0 Å². The maximum Gasteiger partial charge on any atom is 0.0547 e. The van der Waals surface area contributed by atoms with Gasteiger partial charge in [-0.3, -0.25) is 0 Å². The fraction of sp³-hybridized carbons (Fsp3) is 0.0526. The van der Waals surface area contributed by atoms with Crippen LogP contribution >= 0.6 is 15.9 Å². The van der Waals surface area contributed by atoms with Crippen molar-refractivity contribution in [1.29, 1.82) is 0 Å². The first-order chi connectivity index (χ1) is 19.8. The molecule has 6 aromatic carbocycles. The number of benzene rings is 6. The van der Waals surface area contributed by atoms with Gasteiger partial charge < -0.3 is 4.57 Å². The third kappa shape index (κ3) is 2.87. The Hall–Kier alpha value is -4.40. The van der Waals surface area contributed by atoms with Gasteiger partial charge in [0.05, 0.1) is 11.0 Å². The molecule has 0 atom stereocenters. The molecule has 188 valence electrons. The highest BCUT2D eigenvalue weighted by atomic mass is 79.9. The Morgan fingerprint density at radius 1 is 0.450 bits per heavy atom. The molecule has 0 saturated carbocycles. The van der Waals surface area contributed by atoms with Gasteiger partial charge in [0, 0.05) is 32.8 Å². The quantitative estimate of drug-likeness (QED) is 0.194. The van der Waals surface area contributed by atoms with E-state index in [1.54, 1.807) is 0 Å². The monoisotopic (exact) mass is 573 g/mol. The van der Waals surface area contributed by atoms with E-state index in [4.69, 9.17) is 0 Å². The molecule has 3 aliphatic rings. The molecule has 0 aliphatic heterocycles. The van der Waals surface area contributed by atoms with Crippen LogP contribution in [0.2, 0.25) is 0 Å². The van der Waals surface area contributed by atoms with Crippen molar-refractivity contribution in [3.63, 3.8) is 0 Å². The average Bonchev–Trinajstić information content (AvgIpc) is 3.36. The molecular formula is C38H24BrN. The third-order valence-corrected chi connectivity index (χ3v) is 9.74. The fourth-order valence-corrected chi connectivity index (χ4v) is 8.15. The molecule has 0 amide bonds. The Morgan fingerprint density at radius 3 is 1.73 bits per heavy atom. The smallest absolute Gasteiger partial charge is 0.0547 e. The summed E-state index contributed by atoms with van der Waals surface area (Å²) in [5, 5.41) is 2.60. The number of hydrogen-bond donors (Lipinski definition) is 0. The van der Waals surface area contributed by atoms with E-state index >= 15 is 0 Å². The van der Waals surface area contributed by atoms with E-state index < -0.39 is 0 Å². The number of rotatable bonds is 2. The van der Waals surface area contributed by atoms with E-state index in [1.807, 2.05) is 0 Å². The summed E-state index contributed by atoms with van der Waals surface area (Å²) >= 11 is 4.01. The highest BCUT2D eigenvalue weighted by molar-refractivity contribution is 9.10. The van der Waals surface area contributed by atoms with E-state index in [0.29, 0.717) is 0 Å². The average molecular weight is 575 g/mol. The van der Waals surface area contributed by atoms with Gasteiger partial charge in [-0.1, -0.05) is 119 Å². The molecule has 2 bridgehead atoms. The summed E-state index contributed by atoms with van der Waals surface area (Å²) in [6, 6.07) is 49.2. The van der Waals surface area contributed by atoms with Crippen LogP contribution in [0.1, 0.15) is 45.2 Å². The van der Waals surface area contributed by atoms with E-state index in [-0.39, 0.29) is 11.8 Å². The molecule has 0 N–H and O–H groups in total. The molecule has 0 spiro atoms. The number of fused-ring (bicyclic) bond motifs is 3. The van der Waals surface area contributed by atoms with Crippen molar-refractivity contribution in [2.75, 3.05) is 0 Å². The predicted molar refractivity (Wildman–Crippen MR) is 169 cm³/mol. The molecule has 3 aliphatic carbocycles. The van der Waals surface area contributed by atoms with Gasteiger partial charge in [0.25, 0.3) is 0 Å². The lowest BCUT2D eigenvalue weighted by Gasteiger charge is -2.43. The van der Waals surface area contributed by atoms with Gasteiger partial charge in [0.2, 0.25) is 0 Å². The molecule has 2 heteroatoms. The zero-order chi connectivity index (χ0) is 26.4. The van der Waals surface area contributed by atoms with Crippen molar-refractivity contribution in [3.8, 4) is 16.8 Å². The van der Waals surface area contributed by atoms with Gasteiger partial charge in [-0.15, -0.1) is 0 Å². The van der Waals surface area contributed by atoms with Crippen LogP contribution < -0.4 is 0 Å². The van der Waals surface area contributed by atoms with Crippen molar-refractivity contribution < 1.29 is 0 Å². The first kappa shape index (κ1) is 22.4. The predicted octanol–water partition coefficient (Wildman–Crippen LogP) is 10.2. The number of para-hydroxylation sites is 2. The second-order valence-electron chi connectivity index (χ2n) is 10.9. The van der Waals surface area contributed by atoms with Crippen molar-refractivity contribution in [2.45, 2.75) is 11.8 Å². The van der Waals surface area contributed by atoms with Crippen LogP contribution in [0.15, 0.2) is 138 Å². The summed E-state index contributed by atoms with van der Waals surface area (Å²) in [4.78, 5) is 0. The minimum Gasteiger partial charge on any atom is -0.309 e. The number of aromatic nitrogens is 1. The molecule has 0 saturated heterocycles. The lowest BCUT2D eigenvalue weighted by Crippen LogP contribution is -2.28. The minimum absolute atomic E-state index is 0.206. The SMILES string of the molecule is Brc1ccc(-c2cccc3c2c2ccccc2n3-c2ccccc2)c2c1C1c3ccccc3C2c2ccccc21. The van der Waals surface area contributed by atoms with Gasteiger partial charge >= 0.3 is 0 Å². The molecule has 0 radical (unpaired) electrons. The summed E-state index contributed by atoms with van der Waals surface area (Å²) in [6.45, 7) is 0. The lowest BCUT2D eigenvalue weighted by molar-refractivity contribution is 0.752. The van der Waals surface area contributed by atoms with E-state index in [1.165, 1.54) is 76.5 Å². The second kappa shape index (κ2) is 8.30. The normalized spacial score (nSPS) is 16.6. The first-order valence-electron chi connectivity index (χ1n) is 13.9.